The predicted octanol–water partition coefficient (Wildman–Crippen LogP) is 2.51. The van der Waals surface area contributed by atoms with E-state index < -0.39 is 6.10 Å². The van der Waals surface area contributed by atoms with Gasteiger partial charge in [0.2, 0.25) is 0 Å². The van der Waals surface area contributed by atoms with Crippen molar-refractivity contribution in [2.45, 2.75) is 31.9 Å². The molecule has 1 aromatic carbocycles. The van der Waals surface area contributed by atoms with Crippen LogP contribution in [-0.4, -0.2) is 45.0 Å². The Balaban J connectivity index is 1.48. The van der Waals surface area contributed by atoms with Gasteiger partial charge in [-0.1, -0.05) is 35.9 Å². The van der Waals surface area contributed by atoms with Crippen molar-refractivity contribution >= 4 is 17.4 Å². The number of hydrogen-bond donors (Lipinski definition) is 1. The van der Waals surface area contributed by atoms with Crippen molar-refractivity contribution in [3.8, 4) is 0 Å². The maximum Gasteiger partial charge on any atom is 0.181 e. The zero-order valence-electron chi connectivity index (χ0n) is 13.4. The molecule has 0 radical (unpaired) electrons. The molecule has 1 aliphatic rings. The molecule has 0 saturated heterocycles. The standard InChI is InChI=1S/C18H20ClN3O2/c19-18-9-16(20-12-21-18)17(24)6-5-15(23)11-22-8-7-13-3-1-2-4-14(13)10-22/h1-4,9,12,15,23H,5-8,10-11H2/t15-/m0/s1. The van der Waals surface area contributed by atoms with Crippen LogP contribution in [0, 0.1) is 0 Å². The number of carbonyl (C=O) groups is 1. The second-order valence-corrected chi connectivity index (χ2v) is 6.48. The smallest absolute Gasteiger partial charge is 0.181 e. The lowest BCUT2D eigenvalue weighted by molar-refractivity contribution is 0.0833. The van der Waals surface area contributed by atoms with Gasteiger partial charge in [0, 0.05) is 32.1 Å². The minimum absolute atomic E-state index is 0.123. The van der Waals surface area contributed by atoms with Crippen molar-refractivity contribution in [2.24, 2.45) is 0 Å². The Morgan fingerprint density at radius 2 is 2.08 bits per heavy atom. The van der Waals surface area contributed by atoms with Gasteiger partial charge in [-0.05, 0) is 24.0 Å². The van der Waals surface area contributed by atoms with E-state index in [4.69, 9.17) is 11.6 Å². The number of nitrogens with zero attached hydrogens (tertiary/aromatic N) is 3. The highest BCUT2D eigenvalue weighted by molar-refractivity contribution is 6.29. The number of fused-ring (bicyclic) bond motifs is 1. The Bertz CT molecular complexity index is 723. The quantitative estimate of drug-likeness (QED) is 0.643. The minimum Gasteiger partial charge on any atom is -0.392 e. The van der Waals surface area contributed by atoms with Crippen molar-refractivity contribution in [1.29, 1.82) is 0 Å². The van der Waals surface area contributed by atoms with Gasteiger partial charge in [0.25, 0.3) is 0 Å². The molecule has 0 unspecified atom stereocenters. The van der Waals surface area contributed by atoms with E-state index in [9.17, 15) is 9.90 Å². The first kappa shape index (κ1) is 17.0. The Morgan fingerprint density at radius 1 is 1.29 bits per heavy atom. The third-order valence-corrected chi connectivity index (χ3v) is 4.51. The number of aliphatic hydroxyl groups is 1. The molecule has 3 rings (SSSR count). The van der Waals surface area contributed by atoms with E-state index in [1.807, 2.05) is 6.07 Å². The molecule has 1 atom stereocenters. The van der Waals surface area contributed by atoms with Gasteiger partial charge in [-0.2, -0.15) is 0 Å². The topological polar surface area (TPSA) is 66.3 Å². The fourth-order valence-corrected chi connectivity index (χ4v) is 3.16. The third kappa shape index (κ3) is 4.38. The van der Waals surface area contributed by atoms with Crippen LogP contribution in [0.4, 0.5) is 0 Å². The van der Waals surface area contributed by atoms with Gasteiger partial charge in [0.15, 0.2) is 5.78 Å². The number of benzene rings is 1. The van der Waals surface area contributed by atoms with Crippen molar-refractivity contribution in [2.75, 3.05) is 13.1 Å². The summed E-state index contributed by atoms with van der Waals surface area (Å²) in [5.74, 6) is -0.123. The van der Waals surface area contributed by atoms with E-state index in [1.165, 1.54) is 23.5 Å². The van der Waals surface area contributed by atoms with Crippen molar-refractivity contribution < 1.29 is 9.90 Å². The zero-order valence-corrected chi connectivity index (χ0v) is 14.1. The van der Waals surface area contributed by atoms with Gasteiger partial charge in [-0.3, -0.25) is 9.69 Å². The average molecular weight is 346 g/mol. The van der Waals surface area contributed by atoms with Gasteiger partial charge in [-0.15, -0.1) is 0 Å². The van der Waals surface area contributed by atoms with Crippen LogP contribution in [0.1, 0.15) is 34.5 Å². The third-order valence-electron chi connectivity index (χ3n) is 4.30. The lowest BCUT2D eigenvalue weighted by Crippen LogP contribution is -2.36. The molecule has 0 aliphatic carbocycles. The lowest BCUT2D eigenvalue weighted by atomic mass is 9.99. The minimum atomic E-state index is -0.531. The van der Waals surface area contributed by atoms with Crippen molar-refractivity contribution in [3.63, 3.8) is 0 Å². The monoisotopic (exact) mass is 345 g/mol. The summed E-state index contributed by atoms with van der Waals surface area (Å²) in [7, 11) is 0. The van der Waals surface area contributed by atoms with Crippen molar-refractivity contribution in [3.05, 3.63) is 58.6 Å². The van der Waals surface area contributed by atoms with Gasteiger partial charge in [0.05, 0.1) is 6.10 Å². The fourth-order valence-electron chi connectivity index (χ4n) is 3.01. The molecule has 24 heavy (non-hydrogen) atoms. The summed E-state index contributed by atoms with van der Waals surface area (Å²) in [5, 5.41) is 10.5. The zero-order chi connectivity index (χ0) is 16.9. The largest absolute Gasteiger partial charge is 0.392 e. The number of hydrogen-bond acceptors (Lipinski definition) is 5. The molecule has 0 saturated carbocycles. The first-order chi connectivity index (χ1) is 11.6. The Kier molecular flexibility index (Phi) is 5.56. The molecule has 0 fully saturated rings. The summed E-state index contributed by atoms with van der Waals surface area (Å²) in [4.78, 5) is 22.0. The first-order valence-corrected chi connectivity index (χ1v) is 8.47. The molecule has 126 valence electrons. The summed E-state index contributed by atoms with van der Waals surface area (Å²) in [5.41, 5.74) is 3.01. The van der Waals surface area contributed by atoms with Crippen LogP contribution in [0.2, 0.25) is 5.15 Å². The number of halogens is 1. The number of aliphatic hydroxyl groups excluding tert-OH is 1. The number of β-amino-alcohol motifs (C(OH)–C–C–N with tert-alkyl or cyclic N) is 1. The van der Waals surface area contributed by atoms with Crippen LogP contribution in [0.25, 0.3) is 0 Å². The Hall–Kier alpha value is -1.82. The first-order valence-electron chi connectivity index (χ1n) is 8.10. The summed E-state index contributed by atoms with van der Waals surface area (Å²) in [6, 6.07) is 9.86. The second-order valence-electron chi connectivity index (χ2n) is 6.10. The van der Waals surface area contributed by atoms with Crippen LogP contribution in [0.5, 0.6) is 0 Å². The molecule has 0 bridgehead atoms. The number of rotatable bonds is 6. The molecule has 0 spiro atoms. The van der Waals surface area contributed by atoms with E-state index in [0.717, 1.165) is 19.5 Å². The van der Waals surface area contributed by atoms with Gasteiger partial charge >= 0.3 is 0 Å². The molecular formula is C18H20ClN3O2. The van der Waals surface area contributed by atoms with Crippen LogP contribution < -0.4 is 0 Å². The average Bonchev–Trinajstić information content (AvgIpc) is 2.59. The molecule has 1 aliphatic heterocycles. The highest BCUT2D eigenvalue weighted by Crippen LogP contribution is 2.19. The predicted molar refractivity (Wildman–Crippen MR) is 92.0 cm³/mol. The Labute approximate surface area is 146 Å². The summed E-state index contributed by atoms with van der Waals surface area (Å²) in [6.45, 7) is 2.36. The van der Waals surface area contributed by atoms with Crippen molar-refractivity contribution in [1.82, 2.24) is 14.9 Å². The van der Waals surface area contributed by atoms with Gasteiger partial charge in [0.1, 0.15) is 17.2 Å². The summed E-state index contributed by atoms with van der Waals surface area (Å²) >= 11 is 5.76. The Morgan fingerprint density at radius 3 is 2.88 bits per heavy atom. The van der Waals surface area contributed by atoms with Gasteiger partial charge in [-0.25, -0.2) is 9.97 Å². The summed E-state index contributed by atoms with van der Waals surface area (Å²) in [6.07, 6.45) is 2.41. The number of carbonyl (C=O) groups excluding carboxylic acids is 1. The van der Waals surface area contributed by atoms with Crippen LogP contribution in [0.3, 0.4) is 0 Å². The lowest BCUT2D eigenvalue weighted by Gasteiger charge is -2.30. The van der Waals surface area contributed by atoms with Crippen LogP contribution in [-0.2, 0) is 13.0 Å². The maximum atomic E-state index is 12.1. The van der Waals surface area contributed by atoms with E-state index >= 15 is 0 Å². The van der Waals surface area contributed by atoms with Gasteiger partial charge < -0.3 is 5.11 Å². The molecule has 2 heterocycles. The fraction of sp³-hybridized carbons (Fsp3) is 0.389. The number of aromatic nitrogens is 2. The van der Waals surface area contributed by atoms with E-state index in [0.29, 0.717) is 18.7 Å². The molecule has 2 aromatic rings. The highest BCUT2D eigenvalue weighted by Gasteiger charge is 2.19. The molecule has 5 nitrogen and oxygen atoms in total. The SMILES string of the molecule is O=C(CC[C@H](O)CN1CCc2ccccc2C1)c1cc(Cl)ncn1. The molecular weight excluding hydrogens is 326 g/mol. The van der Waals surface area contributed by atoms with E-state index in [1.54, 1.807) is 0 Å². The van der Waals surface area contributed by atoms with E-state index in [2.05, 4.69) is 33.1 Å². The maximum absolute atomic E-state index is 12.1. The van der Waals surface area contributed by atoms with Crippen LogP contribution >= 0.6 is 11.6 Å². The molecule has 0 amide bonds. The molecule has 6 heteroatoms. The molecule has 1 N–H and O–H groups in total. The number of ketones is 1. The summed E-state index contributed by atoms with van der Waals surface area (Å²) < 4.78 is 0. The second kappa shape index (κ2) is 7.83. The number of Topliss-reactive ketones (excluding diaryl/α,β-unsaturated/α-hetero) is 1. The highest BCUT2D eigenvalue weighted by atomic mass is 35.5. The normalized spacial score (nSPS) is 15.8. The molecule has 1 aromatic heterocycles. The van der Waals surface area contributed by atoms with E-state index in [-0.39, 0.29) is 17.4 Å². The van der Waals surface area contributed by atoms with Crippen LogP contribution in [0.15, 0.2) is 36.7 Å².